The molecule has 0 spiro atoms. The number of fused-ring (bicyclic) bond motifs is 3. The summed E-state index contributed by atoms with van der Waals surface area (Å²) in [7, 11) is 0. The third kappa shape index (κ3) is 1.53. The molecule has 0 bridgehead atoms. The number of nitrogen functional groups attached to an aromatic ring is 1. The van der Waals surface area contributed by atoms with Gasteiger partial charge in [0.2, 0.25) is 0 Å². The Kier molecular flexibility index (Phi) is 2.20. The third-order valence-corrected chi connectivity index (χ3v) is 3.28. The number of aromatic nitrogens is 4. The third-order valence-electron chi connectivity index (χ3n) is 3.28. The highest BCUT2D eigenvalue weighted by Gasteiger charge is 2.11. The van der Waals surface area contributed by atoms with Crippen molar-refractivity contribution in [3.05, 3.63) is 54.9 Å². The van der Waals surface area contributed by atoms with Crippen LogP contribution in [-0.2, 0) is 0 Å². The summed E-state index contributed by atoms with van der Waals surface area (Å²) >= 11 is 0. The number of benzene rings is 2. The summed E-state index contributed by atoms with van der Waals surface area (Å²) in [6, 6.07) is 15.5. The normalized spacial score (nSPS) is 11.2. The van der Waals surface area contributed by atoms with Crippen molar-refractivity contribution < 1.29 is 0 Å². The smallest absolute Gasteiger partial charge is 0.184 e. The molecule has 4 aromatic rings. The molecule has 0 aliphatic carbocycles. The van der Waals surface area contributed by atoms with Gasteiger partial charge >= 0.3 is 0 Å². The Morgan fingerprint density at radius 3 is 2.65 bits per heavy atom. The predicted molar refractivity (Wildman–Crippen MR) is 78.1 cm³/mol. The van der Waals surface area contributed by atoms with Crippen LogP contribution >= 0.6 is 0 Å². The summed E-state index contributed by atoms with van der Waals surface area (Å²) in [4.78, 5) is 8.97. The lowest BCUT2D eigenvalue weighted by Gasteiger charge is -1.98. The standard InChI is InChI=1S/C15H11N5/c16-12-7-3-1-5-10(12)14-18-15-11-6-2-4-8-13(11)17-9-20(15)19-14/h1-9H,16H2. The van der Waals surface area contributed by atoms with E-state index >= 15 is 0 Å². The Morgan fingerprint density at radius 2 is 1.75 bits per heavy atom. The zero-order valence-electron chi connectivity index (χ0n) is 10.6. The minimum atomic E-state index is 0.612. The van der Waals surface area contributed by atoms with E-state index in [1.54, 1.807) is 10.8 Å². The van der Waals surface area contributed by atoms with Crippen molar-refractivity contribution in [2.24, 2.45) is 0 Å². The lowest BCUT2D eigenvalue weighted by molar-refractivity contribution is 0.938. The minimum Gasteiger partial charge on any atom is -0.398 e. The van der Waals surface area contributed by atoms with Crippen molar-refractivity contribution >= 4 is 22.2 Å². The fraction of sp³-hybridized carbons (Fsp3) is 0. The summed E-state index contributed by atoms with van der Waals surface area (Å²) in [5, 5.41) is 5.43. The van der Waals surface area contributed by atoms with E-state index in [2.05, 4.69) is 15.1 Å². The van der Waals surface area contributed by atoms with Crippen LogP contribution in [0.3, 0.4) is 0 Å². The molecule has 0 saturated heterocycles. The lowest BCUT2D eigenvalue weighted by Crippen LogP contribution is -1.92. The van der Waals surface area contributed by atoms with E-state index in [0.29, 0.717) is 11.5 Å². The topological polar surface area (TPSA) is 69.1 Å². The molecule has 2 aromatic carbocycles. The highest BCUT2D eigenvalue weighted by Crippen LogP contribution is 2.24. The van der Waals surface area contributed by atoms with Crippen LogP contribution < -0.4 is 5.73 Å². The van der Waals surface area contributed by atoms with Gasteiger partial charge in [0.25, 0.3) is 0 Å². The van der Waals surface area contributed by atoms with E-state index in [4.69, 9.17) is 5.73 Å². The average molecular weight is 261 g/mol. The number of nitrogens with zero attached hydrogens (tertiary/aromatic N) is 4. The van der Waals surface area contributed by atoms with E-state index in [-0.39, 0.29) is 0 Å². The second-order valence-corrected chi connectivity index (χ2v) is 4.55. The Labute approximate surface area is 114 Å². The first-order valence-corrected chi connectivity index (χ1v) is 6.28. The van der Waals surface area contributed by atoms with Crippen LogP contribution in [0.2, 0.25) is 0 Å². The van der Waals surface area contributed by atoms with Gasteiger partial charge in [-0.3, -0.25) is 0 Å². The largest absolute Gasteiger partial charge is 0.398 e. The molecular weight excluding hydrogens is 250 g/mol. The van der Waals surface area contributed by atoms with E-state index in [9.17, 15) is 0 Å². The quantitative estimate of drug-likeness (QED) is 0.534. The van der Waals surface area contributed by atoms with Crippen LogP contribution in [0.1, 0.15) is 0 Å². The molecule has 0 amide bonds. The molecule has 2 aromatic heterocycles. The molecule has 20 heavy (non-hydrogen) atoms. The molecule has 0 saturated carbocycles. The Morgan fingerprint density at radius 1 is 0.950 bits per heavy atom. The summed E-state index contributed by atoms with van der Waals surface area (Å²) in [6.45, 7) is 0. The second kappa shape index (κ2) is 4.03. The van der Waals surface area contributed by atoms with Crippen molar-refractivity contribution in [2.75, 3.05) is 5.73 Å². The molecule has 0 atom stereocenters. The van der Waals surface area contributed by atoms with Gasteiger partial charge in [-0.2, -0.15) is 0 Å². The fourth-order valence-corrected chi connectivity index (χ4v) is 2.29. The maximum absolute atomic E-state index is 5.98. The van der Waals surface area contributed by atoms with Crippen LogP contribution in [-0.4, -0.2) is 19.6 Å². The highest BCUT2D eigenvalue weighted by atomic mass is 15.3. The molecule has 0 fully saturated rings. The second-order valence-electron chi connectivity index (χ2n) is 4.55. The van der Waals surface area contributed by atoms with Gasteiger partial charge in [-0.25, -0.2) is 14.5 Å². The van der Waals surface area contributed by atoms with Crippen LogP contribution in [0.15, 0.2) is 54.9 Å². The van der Waals surface area contributed by atoms with Crippen molar-refractivity contribution in [1.82, 2.24) is 19.6 Å². The van der Waals surface area contributed by atoms with Crippen LogP contribution in [0.25, 0.3) is 27.9 Å². The van der Waals surface area contributed by atoms with E-state index < -0.39 is 0 Å². The highest BCUT2D eigenvalue weighted by molar-refractivity contribution is 5.91. The first-order valence-electron chi connectivity index (χ1n) is 6.28. The molecular formula is C15H11N5. The molecule has 5 nitrogen and oxygen atoms in total. The molecule has 0 unspecified atom stereocenters. The summed E-state index contributed by atoms with van der Waals surface area (Å²) in [6.07, 6.45) is 1.67. The molecule has 5 heteroatoms. The minimum absolute atomic E-state index is 0.612. The first-order chi connectivity index (χ1) is 9.83. The van der Waals surface area contributed by atoms with Crippen molar-refractivity contribution in [2.45, 2.75) is 0 Å². The van der Waals surface area contributed by atoms with Crippen molar-refractivity contribution in [3.63, 3.8) is 0 Å². The van der Waals surface area contributed by atoms with Gasteiger partial charge in [-0.1, -0.05) is 24.3 Å². The molecule has 96 valence electrons. The number of para-hydroxylation sites is 2. The maximum Gasteiger partial charge on any atom is 0.184 e. The molecule has 2 N–H and O–H groups in total. The predicted octanol–water partition coefficient (Wildman–Crippen LogP) is 2.53. The number of anilines is 1. The molecule has 0 aliphatic rings. The zero-order valence-corrected chi connectivity index (χ0v) is 10.6. The Bertz CT molecular complexity index is 926. The number of rotatable bonds is 1. The van der Waals surface area contributed by atoms with Crippen molar-refractivity contribution in [3.8, 4) is 11.4 Å². The monoisotopic (exact) mass is 261 g/mol. The summed E-state index contributed by atoms with van der Waals surface area (Å²) in [5.41, 5.74) is 9.17. The maximum atomic E-state index is 5.98. The molecule has 0 aliphatic heterocycles. The zero-order chi connectivity index (χ0) is 13.5. The van der Waals surface area contributed by atoms with Gasteiger partial charge in [-0.15, -0.1) is 5.10 Å². The van der Waals surface area contributed by atoms with Gasteiger partial charge in [0.1, 0.15) is 6.33 Å². The number of nitrogens with two attached hydrogens (primary N) is 1. The van der Waals surface area contributed by atoms with Gasteiger partial charge < -0.3 is 5.73 Å². The van der Waals surface area contributed by atoms with E-state index in [1.807, 2.05) is 48.5 Å². The first kappa shape index (κ1) is 10.9. The number of hydrogen-bond donors (Lipinski definition) is 1. The van der Waals surface area contributed by atoms with Gasteiger partial charge in [0, 0.05) is 16.6 Å². The SMILES string of the molecule is Nc1ccccc1-c1nc2c3ccccc3ncn2n1. The lowest BCUT2D eigenvalue weighted by atomic mass is 10.2. The van der Waals surface area contributed by atoms with Gasteiger partial charge in [0.15, 0.2) is 11.5 Å². The Balaban J connectivity index is 2.04. The van der Waals surface area contributed by atoms with Gasteiger partial charge in [0.05, 0.1) is 5.52 Å². The van der Waals surface area contributed by atoms with Crippen molar-refractivity contribution in [1.29, 1.82) is 0 Å². The average Bonchev–Trinajstić information content (AvgIpc) is 2.92. The molecule has 2 heterocycles. The fourth-order valence-electron chi connectivity index (χ4n) is 2.29. The van der Waals surface area contributed by atoms with E-state index in [0.717, 1.165) is 22.1 Å². The van der Waals surface area contributed by atoms with Gasteiger partial charge in [-0.05, 0) is 24.3 Å². The van der Waals surface area contributed by atoms with E-state index in [1.165, 1.54) is 0 Å². The van der Waals surface area contributed by atoms with Crippen LogP contribution in [0.4, 0.5) is 5.69 Å². The summed E-state index contributed by atoms with van der Waals surface area (Å²) in [5.74, 6) is 0.612. The Hall–Kier alpha value is -2.95. The summed E-state index contributed by atoms with van der Waals surface area (Å²) < 4.78 is 1.68. The molecule has 0 radical (unpaired) electrons. The molecule has 4 rings (SSSR count). The van der Waals surface area contributed by atoms with Crippen LogP contribution in [0, 0.1) is 0 Å². The van der Waals surface area contributed by atoms with Crippen LogP contribution in [0.5, 0.6) is 0 Å². The number of hydrogen-bond acceptors (Lipinski definition) is 4.